The molecule has 120 valence electrons. The van der Waals surface area contributed by atoms with Crippen LogP contribution >= 0.6 is 0 Å². The second-order valence-electron chi connectivity index (χ2n) is 7.16. The van der Waals surface area contributed by atoms with Gasteiger partial charge in [-0.25, -0.2) is 0 Å². The fourth-order valence-electron chi connectivity index (χ4n) is 4.42. The molecule has 4 heteroatoms. The number of carbonyl (C=O) groups excluding carboxylic acids is 1. The van der Waals surface area contributed by atoms with E-state index in [1.165, 1.54) is 12.8 Å². The highest BCUT2D eigenvalue weighted by Crippen LogP contribution is 2.42. The molecule has 4 rings (SSSR count). The van der Waals surface area contributed by atoms with E-state index >= 15 is 0 Å². The topological polar surface area (TPSA) is 47.3 Å². The Morgan fingerprint density at radius 3 is 2.65 bits per heavy atom. The molecule has 2 aliphatic heterocycles. The van der Waals surface area contributed by atoms with Crippen molar-refractivity contribution in [1.29, 1.82) is 5.26 Å². The maximum absolute atomic E-state index is 13.2. The maximum atomic E-state index is 13.2. The largest absolute Gasteiger partial charge is 0.338 e. The fourth-order valence-corrected chi connectivity index (χ4v) is 4.42. The van der Waals surface area contributed by atoms with E-state index in [-0.39, 0.29) is 5.54 Å². The second-order valence-corrected chi connectivity index (χ2v) is 7.16. The van der Waals surface area contributed by atoms with Gasteiger partial charge in [0.15, 0.2) is 0 Å². The Hall–Kier alpha value is -1.86. The van der Waals surface area contributed by atoms with Crippen LogP contribution in [-0.4, -0.2) is 40.4 Å². The average Bonchev–Trinajstić information content (AvgIpc) is 3.34. The normalized spacial score (nSPS) is 28.3. The Bertz CT molecular complexity index is 661. The zero-order valence-corrected chi connectivity index (χ0v) is 13.5. The van der Waals surface area contributed by atoms with E-state index < -0.39 is 0 Å². The second kappa shape index (κ2) is 5.65. The molecule has 0 bridgehead atoms. The lowest BCUT2D eigenvalue weighted by Crippen LogP contribution is -2.60. The minimum absolute atomic E-state index is 0.302. The lowest BCUT2D eigenvalue weighted by molar-refractivity contribution is -0.148. The molecule has 1 aromatic carbocycles. The molecular formula is C19H23N3O. The summed E-state index contributed by atoms with van der Waals surface area (Å²) < 4.78 is 0. The molecule has 4 nitrogen and oxygen atoms in total. The number of carbonyl (C=O) groups is 1. The van der Waals surface area contributed by atoms with Gasteiger partial charge in [0, 0.05) is 19.1 Å². The van der Waals surface area contributed by atoms with Crippen molar-refractivity contribution in [2.75, 3.05) is 13.1 Å². The van der Waals surface area contributed by atoms with Crippen LogP contribution < -0.4 is 0 Å². The van der Waals surface area contributed by atoms with Gasteiger partial charge in [-0.05, 0) is 56.7 Å². The molecule has 2 saturated heterocycles. The Kier molecular flexibility index (Phi) is 3.61. The molecule has 3 fully saturated rings. The molecule has 2 heterocycles. The predicted molar refractivity (Wildman–Crippen MR) is 87.5 cm³/mol. The number of amides is 1. The molecule has 1 spiro atoms. The maximum Gasteiger partial charge on any atom is 0.243 e. The number of rotatable bonds is 3. The summed E-state index contributed by atoms with van der Waals surface area (Å²) in [6.07, 6.45) is 6.50. The molecule has 1 aliphatic carbocycles. The molecule has 3 aliphatic rings. The van der Waals surface area contributed by atoms with Gasteiger partial charge in [0.1, 0.15) is 5.54 Å². The third-order valence-corrected chi connectivity index (χ3v) is 5.76. The van der Waals surface area contributed by atoms with Crippen molar-refractivity contribution >= 4 is 5.91 Å². The van der Waals surface area contributed by atoms with E-state index in [0.717, 1.165) is 49.9 Å². The Morgan fingerprint density at radius 1 is 1.17 bits per heavy atom. The minimum atomic E-state index is -0.302. The monoisotopic (exact) mass is 309 g/mol. The number of likely N-dealkylation sites (tertiary alicyclic amines) is 2. The van der Waals surface area contributed by atoms with Crippen LogP contribution in [-0.2, 0) is 11.3 Å². The summed E-state index contributed by atoms with van der Waals surface area (Å²) in [4.78, 5) is 17.7. The first kappa shape index (κ1) is 14.7. The van der Waals surface area contributed by atoms with Gasteiger partial charge in [-0.15, -0.1) is 0 Å². The first-order valence-electron chi connectivity index (χ1n) is 8.79. The van der Waals surface area contributed by atoms with Crippen LogP contribution in [0.2, 0.25) is 0 Å². The van der Waals surface area contributed by atoms with Gasteiger partial charge >= 0.3 is 0 Å². The van der Waals surface area contributed by atoms with Crippen molar-refractivity contribution in [3.8, 4) is 6.07 Å². The predicted octanol–water partition coefficient (Wildman–Crippen LogP) is 2.68. The molecule has 1 atom stereocenters. The van der Waals surface area contributed by atoms with Crippen molar-refractivity contribution < 1.29 is 4.79 Å². The summed E-state index contributed by atoms with van der Waals surface area (Å²) in [6.45, 7) is 2.62. The Labute approximate surface area is 137 Å². The summed E-state index contributed by atoms with van der Waals surface area (Å²) in [7, 11) is 0. The summed E-state index contributed by atoms with van der Waals surface area (Å²) in [5.41, 5.74) is 1.48. The molecule has 1 unspecified atom stereocenters. The van der Waals surface area contributed by atoms with E-state index in [1.807, 2.05) is 24.3 Å². The highest BCUT2D eigenvalue weighted by molar-refractivity contribution is 5.88. The lowest BCUT2D eigenvalue weighted by atomic mass is 9.85. The van der Waals surface area contributed by atoms with E-state index in [2.05, 4.69) is 15.9 Å². The summed E-state index contributed by atoms with van der Waals surface area (Å²) >= 11 is 0. The molecule has 1 aromatic rings. The first-order chi connectivity index (χ1) is 11.2. The average molecular weight is 309 g/mol. The van der Waals surface area contributed by atoms with Crippen LogP contribution in [0, 0.1) is 11.3 Å². The zero-order valence-electron chi connectivity index (χ0n) is 13.5. The number of nitriles is 1. The van der Waals surface area contributed by atoms with Crippen LogP contribution in [0.4, 0.5) is 0 Å². The smallest absolute Gasteiger partial charge is 0.243 e. The van der Waals surface area contributed by atoms with Gasteiger partial charge in [0.2, 0.25) is 5.91 Å². The van der Waals surface area contributed by atoms with Crippen molar-refractivity contribution in [3.63, 3.8) is 0 Å². The van der Waals surface area contributed by atoms with Crippen molar-refractivity contribution in [3.05, 3.63) is 35.4 Å². The van der Waals surface area contributed by atoms with Crippen LogP contribution in [0.5, 0.6) is 0 Å². The van der Waals surface area contributed by atoms with Crippen molar-refractivity contribution in [1.82, 2.24) is 9.80 Å². The Balaban J connectivity index is 1.61. The standard InChI is InChI=1S/C19H23N3O/c20-13-15-5-1-2-6-16(15)14-21-11-3-9-19(21)10-4-12-22(18(19)23)17-7-8-17/h1-2,5-6,17H,3-4,7-12,14H2. The molecule has 0 radical (unpaired) electrons. The third kappa shape index (κ3) is 2.44. The first-order valence-corrected chi connectivity index (χ1v) is 8.79. The molecule has 0 N–H and O–H groups in total. The quantitative estimate of drug-likeness (QED) is 0.862. The molecular weight excluding hydrogens is 286 g/mol. The van der Waals surface area contributed by atoms with E-state index in [9.17, 15) is 10.1 Å². The summed E-state index contributed by atoms with van der Waals surface area (Å²) in [5, 5.41) is 9.33. The number of hydrogen-bond donors (Lipinski definition) is 0. The highest BCUT2D eigenvalue weighted by atomic mass is 16.2. The van der Waals surface area contributed by atoms with E-state index in [1.54, 1.807) is 0 Å². The molecule has 0 aromatic heterocycles. The minimum Gasteiger partial charge on any atom is -0.338 e. The lowest BCUT2D eigenvalue weighted by Gasteiger charge is -2.45. The zero-order chi connectivity index (χ0) is 15.9. The third-order valence-electron chi connectivity index (χ3n) is 5.76. The number of benzene rings is 1. The van der Waals surface area contributed by atoms with Gasteiger partial charge < -0.3 is 4.90 Å². The van der Waals surface area contributed by atoms with Gasteiger partial charge in [-0.2, -0.15) is 5.26 Å². The number of piperidine rings is 1. The van der Waals surface area contributed by atoms with Gasteiger partial charge in [0.05, 0.1) is 11.6 Å². The van der Waals surface area contributed by atoms with Crippen LogP contribution in [0.1, 0.15) is 49.7 Å². The van der Waals surface area contributed by atoms with E-state index in [0.29, 0.717) is 18.5 Å². The van der Waals surface area contributed by atoms with Gasteiger partial charge in [-0.3, -0.25) is 9.69 Å². The molecule has 1 saturated carbocycles. The van der Waals surface area contributed by atoms with Crippen LogP contribution in [0.25, 0.3) is 0 Å². The summed E-state index contributed by atoms with van der Waals surface area (Å²) in [6, 6.07) is 10.6. The fraction of sp³-hybridized carbons (Fsp3) is 0.579. The molecule has 1 amide bonds. The van der Waals surface area contributed by atoms with E-state index in [4.69, 9.17) is 0 Å². The molecule has 23 heavy (non-hydrogen) atoms. The number of hydrogen-bond acceptors (Lipinski definition) is 3. The summed E-state index contributed by atoms with van der Waals surface area (Å²) in [5.74, 6) is 0.359. The van der Waals surface area contributed by atoms with Crippen LogP contribution in [0.3, 0.4) is 0 Å². The van der Waals surface area contributed by atoms with Gasteiger partial charge in [-0.1, -0.05) is 18.2 Å². The SMILES string of the molecule is N#Cc1ccccc1CN1CCCC12CCCN(C1CC1)C2=O. The number of nitrogens with zero attached hydrogens (tertiary/aromatic N) is 3. The van der Waals surface area contributed by atoms with Crippen LogP contribution in [0.15, 0.2) is 24.3 Å². The van der Waals surface area contributed by atoms with Gasteiger partial charge in [0.25, 0.3) is 0 Å². The van der Waals surface area contributed by atoms with Crippen molar-refractivity contribution in [2.24, 2.45) is 0 Å². The Morgan fingerprint density at radius 2 is 1.91 bits per heavy atom. The van der Waals surface area contributed by atoms with Crippen molar-refractivity contribution in [2.45, 2.75) is 56.7 Å². The highest BCUT2D eigenvalue weighted by Gasteiger charge is 2.52.